The predicted molar refractivity (Wildman–Crippen MR) is 90.8 cm³/mol. The van der Waals surface area contributed by atoms with Crippen molar-refractivity contribution in [1.82, 2.24) is 10.3 Å². The van der Waals surface area contributed by atoms with Crippen LogP contribution in [0.4, 0.5) is 0 Å². The highest BCUT2D eigenvalue weighted by atomic mass is 32.2. The van der Waals surface area contributed by atoms with Gasteiger partial charge in [-0.1, -0.05) is 43.8 Å². The van der Waals surface area contributed by atoms with Gasteiger partial charge >= 0.3 is 0 Å². The summed E-state index contributed by atoms with van der Waals surface area (Å²) in [4.78, 5) is 5.86. The van der Waals surface area contributed by atoms with E-state index in [0.29, 0.717) is 5.92 Å². The Morgan fingerprint density at radius 1 is 1.19 bits per heavy atom. The Hall–Kier alpha value is -1.32. The SMILES string of the molecule is Cc1ccc(C)c(Sc2ncccc2CNCC(C)C)c1. The maximum Gasteiger partial charge on any atom is 0.105 e. The van der Waals surface area contributed by atoms with E-state index in [1.165, 1.54) is 21.6 Å². The van der Waals surface area contributed by atoms with E-state index in [4.69, 9.17) is 0 Å². The normalized spacial score (nSPS) is 11.1. The van der Waals surface area contributed by atoms with E-state index in [9.17, 15) is 0 Å². The van der Waals surface area contributed by atoms with Gasteiger partial charge in [-0.15, -0.1) is 0 Å². The van der Waals surface area contributed by atoms with Gasteiger partial charge in [0, 0.05) is 17.6 Å². The van der Waals surface area contributed by atoms with Gasteiger partial charge in [-0.2, -0.15) is 0 Å². The maximum absolute atomic E-state index is 4.57. The highest BCUT2D eigenvalue weighted by Gasteiger charge is 2.08. The van der Waals surface area contributed by atoms with Crippen LogP contribution in [0.5, 0.6) is 0 Å². The van der Waals surface area contributed by atoms with Crippen LogP contribution in [0.2, 0.25) is 0 Å². The highest BCUT2D eigenvalue weighted by molar-refractivity contribution is 7.99. The van der Waals surface area contributed by atoms with Gasteiger partial charge in [0.2, 0.25) is 0 Å². The molecular weight excluding hydrogens is 276 g/mol. The van der Waals surface area contributed by atoms with Crippen molar-refractivity contribution < 1.29 is 0 Å². The average molecular weight is 300 g/mol. The van der Waals surface area contributed by atoms with Gasteiger partial charge in [0.15, 0.2) is 0 Å². The number of aryl methyl sites for hydroxylation is 2. The van der Waals surface area contributed by atoms with Crippen molar-refractivity contribution in [2.45, 2.75) is 44.2 Å². The number of pyridine rings is 1. The molecule has 1 heterocycles. The van der Waals surface area contributed by atoms with Gasteiger partial charge in [0.05, 0.1) is 0 Å². The van der Waals surface area contributed by atoms with Crippen molar-refractivity contribution in [2.75, 3.05) is 6.54 Å². The van der Waals surface area contributed by atoms with Crippen LogP contribution < -0.4 is 5.32 Å². The summed E-state index contributed by atoms with van der Waals surface area (Å²) in [6, 6.07) is 10.7. The van der Waals surface area contributed by atoms with Crippen molar-refractivity contribution >= 4 is 11.8 Å². The molecule has 112 valence electrons. The second-order valence-corrected chi connectivity index (χ2v) is 6.89. The van der Waals surface area contributed by atoms with Crippen molar-refractivity contribution in [3.8, 4) is 0 Å². The number of rotatable bonds is 6. The zero-order valence-corrected chi connectivity index (χ0v) is 14.1. The molecule has 1 aromatic carbocycles. The molecule has 1 N–H and O–H groups in total. The number of aromatic nitrogens is 1. The lowest BCUT2D eigenvalue weighted by molar-refractivity contribution is 0.549. The summed E-state index contributed by atoms with van der Waals surface area (Å²) >= 11 is 1.76. The van der Waals surface area contributed by atoms with Crippen molar-refractivity contribution in [2.24, 2.45) is 5.92 Å². The summed E-state index contributed by atoms with van der Waals surface area (Å²) in [6.07, 6.45) is 1.87. The Morgan fingerprint density at radius 2 is 2.00 bits per heavy atom. The first-order valence-electron chi connectivity index (χ1n) is 7.46. The lowest BCUT2D eigenvalue weighted by Crippen LogP contribution is -2.19. The molecule has 0 atom stereocenters. The zero-order chi connectivity index (χ0) is 15.2. The second kappa shape index (κ2) is 7.62. The fourth-order valence-corrected chi connectivity index (χ4v) is 3.13. The molecule has 3 heteroatoms. The van der Waals surface area contributed by atoms with E-state index in [0.717, 1.165) is 18.1 Å². The predicted octanol–water partition coefficient (Wildman–Crippen LogP) is 4.60. The lowest BCUT2D eigenvalue weighted by Gasteiger charge is -2.12. The molecule has 2 rings (SSSR count). The molecule has 21 heavy (non-hydrogen) atoms. The average Bonchev–Trinajstić information content (AvgIpc) is 2.44. The van der Waals surface area contributed by atoms with Gasteiger partial charge in [-0.25, -0.2) is 4.98 Å². The Bertz CT molecular complexity index is 594. The molecule has 0 aliphatic carbocycles. The topological polar surface area (TPSA) is 24.9 Å². The number of benzene rings is 1. The van der Waals surface area contributed by atoms with Gasteiger partial charge < -0.3 is 5.32 Å². The van der Waals surface area contributed by atoms with Crippen LogP contribution in [0.25, 0.3) is 0 Å². The van der Waals surface area contributed by atoms with Gasteiger partial charge in [-0.05, 0) is 55.1 Å². The Kier molecular flexibility index (Phi) is 5.83. The lowest BCUT2D eigenvalue weighted by atomic mass is 10.2. The summed E-state index contributed by atoms with van der Waals surface area (Å²) in [5, 5.41) is 4.60. The minimum Gasteiger partial charge on any atom is -0.312 e. The van der Waals surface area contributed by atoms with Crippen molar-refractivity contribution in [3.05, 3.63) is 53.2 Å². The first-order valence-corrected chi connectivity index (χ1v) is 8.27. The largest absolute Gasteiger partial charge is 0.312 e. The monoisotopic (exact) mass is 300 g/mol. The molecule has 0 fully saturated rings. The third-order valence-corrected chi connectivity index (χ3v) is 4.49. The molecule has 0 aliphatic heterocycles. The summed E-state index contributed by atoms with van der Waals surface area (Å²) in [5.74, 6) is 0.664. The van der Waals surface area contributed by atoms with Crippen LogP contribution in [0.3, 0.4) is 0 Å². The molecule has 1 aromatic heterocycles. The third-order valence-electron chi connectivity index (χ3n) is 3.27. The minimum absolute atomic E-state index is 0.664. The van der Waals surface area contributed by atoms with Crippen LogP contribution in [0, 0.1) is 19.8 Å². The first kappa shape index (κ1) is 16.1. The Morgan fingerprint density at radius 3 is 2.76 bits per heavy atom. The van der Waals surface area contributed by atoms with Gasteiger partial charge in [0.25, 0.3) is 0 Å². The first-order chi connectivity index (χ1) is 10.1. The van der Waals surface area contributed by atoms with Crippen LogP contribution in [-0.4, -0.2) is 11.5 Å². The number of nitrogens with one attached hydrogen (secondary N) is 1. The van der Waals surface area contributed by atoms with Crippen molar-refractivity contribution in [1.29, 1.82) is 0 Å². The molecule has 0 bridgehead atoms. The molecule has 0 saturated carbocycles. The second-order valence-electron chi connectivity index (χ2n) is 5.86. The molecule has 0 saturated heterocycles. The number of hydrogen-bond donors (Lipinski definition) is 1. The molecule has 2 aromatic rings. The smallest absolute Gasteiger partial charge is 0.105 e. The molecule has 0 radical (unpaired) electrons. The van der Waals surface area contributed by atoms with E-state index in [1.807, 2.05) is 12.3 Å². The quantitative estimate of drug-likeness (QED) is 0.844. The third kappa shape index (κ3) is 4.87. The van der Waals surface area contributed by atoms with E-state index >= 15 is 0 Å². The number of hydrogen-bond acceptors (Lipinski definition) is 3. The molecule has 2 nitrogen and oxygen atoms in total. The molecule has 0 spiro atoms. The molecule has 0 unspecified atom stereocenters. The van der Waals surface area contributed by atoms with Gasteiger partial charge in [-0.3, -0.25) is 0 Å². The van der Waals surface area contributed by atoms with Crippen molar-refractivity contribution in [3.63, 3.8) is 0 Å². The number of nitrogens with zero attached hydrogens (tertiary/aromatic N) is 1. The molecule has 0 amide bonds. The van der Waals surface area contributed by atoms with Gasteiger partial charge in [0.1, 0.15) is 5.03 Å². The Balaban J connectivity index is 2.14. The van der Waals surface area contributed by atoms with E-state index in [1.54, 1.807) is 11.8 Å². The maximum atomic E-state index is 4.57. The van der Waals surface area contributed by atoms with Crippen LogP contribution >= 0.6 is 11.8 Å². The fraction of sp³-hybridized carbons (Fsp3) is 0.389. The summed E-state index contributed by atoms with van der Waals surface area (Å²) in [5.41, 5.74) is 3.86. The zero-order valence-electron chi connectivity index (χ0n) is 13.3. The van der Waals surface area contributed by atoms with Crippen LogP contribution in [0.1, 0.15) is 30.5 Å². The molecule has 0 aliphatic rings. The summed E-state index contributed by atoms with van der Waals surface area (Å²) in [6.45, 7) is 10.6. The minimum atomic E-state index is 0.664. The summed E-state index contributed by atoms with van der Waals surface area (Å²) in [7, 11) is 0. The van der Waals surface area contributed by atoms with E-state index in [2.05, 4.69) is 62.3 Å². The molecular formula is C18H24N2S. The summed E-state index contributed by atoms with van der Waals surface area (Å²) < 4.78 is 0. The standard InChI is InChI=1S/C18H24N2S/c1-13(2)11-19-12-16-6-5-9-20-18(16)21-17-10-14(3)7-8-15(17)4/h5-10,13,19H,11-12H2,1-4H3. The van der Waals surface area contributed by atoms with Crippen LogP contribution in [-0.2, 0) is 6.54 Å². The fourth-order valence-electron chi connectivity index (χ4n) is 2.07. The highest BCUT2D eigenvalue weighted by Crippen LogP contribution is 2.31. The van der Waals surface area contributed by atoms with E-state index < -0.39 is 0 Å². The Labute approximate surface area is 132 Å². The van der Waals surface area contributed by atoms with E-state index in [-0.39, 0.29) is 0 Å². The van der Waals surface area contributed by atoms with Crippen LogP contribution in [0.15, 0.2) is 46.5 Å².